The van der Waals surface area contributed by atoms with Gasteiger partial charge in [0.1, 0.15) is 11.1 Å². The first-order valence-electron chi connectivity index (χ1n) is 7.69. The number of hydrogen-bond acceptors (Lipinski definition) is 5. The Bertz CT molecular complexity index is 1070. The minimum atomic E-state index is -0.693. The van der Waals surface area contributed by atoms with Gasteiger partial charge in [-0.3, -0.25) is 4.79 Å². The van der Waals surface area contributed by atoms with Gasteiger partial charge >= 0.3 is 5.63 Å². The Morgan fingerprint density at radius 3 is 2.54 bits per heavy atom. The number of hydrogen-bond donors (Lipinski definition) is 0. The lowest BCUT2D eigenvalue weighted by Gasteiger charge is -2.07. The third kappa shape index (κ3) is 3.63. The quantitative estimate of drug-likeness (QED) is 0.379. The first-order valence-corrected chi connectivity index (χ1v) is 8.07. The predicted octanol–water partition coefficient (Wildman–Crippen LogP) is 4.36. The number of halogens is 1. The molecule has 0 aliphatic heterocycles. The second kappa shape index (κ2) is 7.45. The summed E-state index contributed by atoms with van der Waals surface area (Å²) >= 11 is 5.94. The van der Waals surface area contributed by atoms with Gasteiger partial charge in [0.05, 0.1) is 14.2 Å². The summed E-state index contributed by atoms with van der Waals surface area (Å²) in [5, 5.41) is 1.07. The molecule has 0 bridgehead atoms. The van der Waals surface area contributed by atoms with E-state index in [0.717, 1.165) is 5.56 Å². The molecule has 0 saturated carbocycles. The van der Waals surface area contributed by atoms with E-state index in [1.165, 1.54) is 19.3 Å². The molecule has 0 fully saturated rings. The topological polar surface area (TPSA) is 65.7 Å². The van der Waals surface area contributed by atoms with Crippen LogP contribution in [-0.4, -0.2) is 20.0 Å². The molecule has 26 heavy (non-hydrogen) atoms. The normalized spacial score (nSPS) is 11.0. The largest absolute Gasteiger partial charge is 0.493 e. The highest BCUT2D eigenvalue weighted by Gasteiger charge is 2.12. The predicted molar refractivity (Wildman–Crippen MR) is 100 cm³/mol. The van der Waals surface area contributed by atoms with Crippen molar-refractivity contribution >= 4 is 34.4 Å². The van der Waals surface area contributed by atoms with Crippen molar-refractivity contribution in [2.75, 3.05) is 14.2 Å². The Morgan fingerprint density at radius 1 is 1.04 bits per heavy atom. The maximum Gasteiger partial charge on any atom is 0.347 e. The zero-order valence-electron chi connectivity index (χ0n) is 14.1. The number of benzene rings is 2. The number of methoxy groups -OCH3 is 2. The summed E-state index contributed by atoms with van der Waals surface area (Å²) in [4.78, 5) is 24.5. The minimum absolute atomic E-state index is 0.0588. The molecule has 0 N–H and O–H groups in total. The summed E-state index contributed by atoms with van der Waals surface area (Å²) in [6.45, 7) is 0. The number of carbonyl (C=O) groups excluding carboxylic acids is 1. The van der Waals surface area contributed by atoms with Crippen LogP contribution < -0.4 is 15.1 Å². The smallest absolute Gasteiger partial charge is 0.347 e. The first-order chi connectivity index (χ1) is 12.5. The molecule has 1 heterocycles. The van der Waals surface area contributed by atoms with Crippen LogP contribution in [0.5, 0.6) is 11.5 Å². The average Bonchev–Trinajstić information content (AvgIpc) is 2.65. The highest BCUT2D eigenvalue weighted by molar-refractivity contribution is 6.31. The van der Waals surface area contributed by atoms with E-state index < -0.39 is 11.4 Å². The Kier molecular flexibility index (Phi) is 5.09. The molecule has 5 nitrogen and oxygen atoms in total. The number of ether oxygens (including phenoxy) is 2. The summed E-state index contributed by atoms with van der Waals surface area (Å²) in [7, 11) is 3.07. The van der Waals surface area contributed by atoms with Gasteiger partial charge in [0.15, 0.2) is 17.3 Å². The number of allylic oxidation sites excluding steroid dienone is 1. The summed E-state index contributed by atoms with van der Waals surface area (Å²) in [6, 6.07) is 11.6. The maximum atomic E-state index is 12.4. The Morgan fingerprint density at radius 2 is 1.81 bits per heavy atom. The summed E-state index contributed by atoms with van der Waals surface area (Å²) < 4.78 is 15.6. The van der Waals surface area contributed by atoms with Crippen molar-refractivity contribution in [1.29, 1.82) is 0 Å². The van der Waals surface area contributed by atoms with Crippen molar-refractivity contribution in [2.45, 2.75) is 0 Å². The van der Waals surface area contributed by atoms with Crippen molar-refractivity contribution in [3.63, 3.8) is 0 Å². The molecular formula is C20H15ClO5. The van der Waals surface area contributed by atoms with Gasteiger partial charge in [-0.1, -0.05) is 23.7 Å². The first kappa shape index (κ1) is 17.8. The summed E-state index contributed by atoms with van der Waals surface area (Å²) in [5.74, 6) is 0.667. The molecule has 2 aromatic carbocycles. The van der Waals surface area contributed by atoms with Crippen molar-refractivity contribution < 1.29 is 18.7 Å². The molecule has 0 atom stereocenters. The highest BCUT2D eigenvalue weighted by Crippen LogP contribution is 2.28. The molecular weight excluding hydrogens is 356 g/mol. The van der Waals surface area contributed by atoms with Crippen molar-refractivity contribution in [2.24, 2.45) is 0 Å². The van der Waals surface area contributed by atoms with E-state index >= 15 is 0 Å². The van der Waals surface area contributed by atoms with E-state index in [2.05, 4.69) is 0 Å². The SMILES string of the molecule is COc1ccc(/C=C/C(=O)c2cc3cc(Cl)ccc3oc2=O)cc1OC. The monoisotopic (exact) mass is 370 g/mol. The van der Waals surface area contributed by atoms with Crippen LogP contribution in [0.4, 0.5) is 0 Å². The summed E-state index contributed by atoms with van der Waals surface area (Å²) in [6.07, 6.45) is 2.90. The van der Waals surface area contributed by atoms with Crippen LogP contribution in [0.25, 0.3) is 17.0 Å². The molecule has 6 heteroatoms. The maximum absolute atomic E-state index is 12.4. The lowest BCUT2D eigenvalue weighted by Crippen LogP contribution is -2.11. The lowest BCUT2D eigenvalue weighted by molar-refractivity contribution is 0.104. The van der Waals surface area contributed by atoms with Crippen LogP contribution in [-0.2, 0) is 0 Å². The third-order valence-corrected chi connectivity index (χ3v) is 4.03. The van der Waals surface area contributed by atoms with Gasteiger partial charge in [0.25, 0.3) is 0 Å². The molecule has 0 amide bonds. The molecule has 0 aliphatic carbocycles. The standard InChI is InChI=1S/C20H15ClO5/c1-24-18-7-4-12(9-19(18)25-2)3-6-16(22)15-11-13-10-14(21)5-8-17(13)26-20(15)23/h3-11H,1-2H3/b6-3+. The van der Waals surface area contributed by atoms with Crippen LogP contribution in [0.1, 0.15) is 15.9 Å². The Labute approximate surface area is 154 Å². The molecule has 3 aromatic rings. The van der Waals surface area contributed by atoms with Crippen LogP contribution in [0.3, 0.4) is 0 Å². The van der Waals surface area contributed by atoms with Crippen LogP contribution >= 0.6 is 11.6 Å². The fourth-order valence-corrected chi connectivity index (χ4v) is 2.66. The van der Waals surface area contributed by atoms with E-state index in [9.17, 15) is 9.59 Å². The fraction of sp³-hybridized carbons (Fsp3) is 0.100. The molecule has 0 spiro atoms. The minimum Gasteiger partial charge on any atom is -0.493 e. The van der Waals surface area contributed by atoms with E-state index in [4.69, 9.17) is 25.5 Å². The fourth-order valence-electron chi connectivity index (χ4n) is 2.48. The van der Waals surface area contributed by atoms with Gasteiger partial charge in [-0.05, 0) is 48.0 Å². The Hall–Kier alpha value is -3.05. The Balaban J connectivity index is 1.92. The molecule has 1 aromatic heterocycles. The van der Waals surface area contributed by atoms with Crippen molar-refractivity contribution in [3.05, 3.63) is 75.1 Å². The van der Waals surface area contributed by atoms with Gasteiger partial charge < -0.3 is 13.9 Å². The molecule has 0 unspecified atom stereocenters. The van der Waals surface area contributed by atoms with Gasteiger partial charge in [-0.25, -0.2) is 4.79 Å². The lowest BCUT2D eigenvalue weighted by atomic mass is 10.1. The number of carbonyl (C=O) groups is 1. The second-order valence-corrected chi connectivity index (χ2v) is 5.88. The number of ketones is 1. The molecule has 0 aliphatic rings. The molecule has 0 radical (unpaired) electrons. The highest BCUT2D eigenvalue weighted by atomic mass is 35.5. The van der Waals surface area contributed by atoms with Crippen LogP contribution in [0.2, 0.25) is 5.02 Å². The third-order valence-electron chi connectivity index (χ3n) is 3.79. The average molecular weight is 371 g/mol. The number of fused-ring (bicyclic) bond motifs is 1. The second-order valence-electron chi connectivity index (χ2n) is 5.44. The molecule has 3 rings (SSSR count). The van der Waals surface area contributed by atoms with Crippen molar-refractivity contribution in [1.82, 2.24) is 0 Å². The van der Waals surface area contributed by atoms with Gasteiger partial charge in [0.2, 0.25) is 0 Å². The summed E-state index contributed by atoms with van der Waals surface area (Å²) in [5.41, 5.74) is 0.349. The van der Waals surface area contributed by atoms with Crippen molar-refractivity contribution in [3.8, 4) is 11.5 Å². The van der Waals surface area contributed by atoms with E-state index in [-0.39, 0.29) is 5.56 Å². The number of rotatable bonds is 5. The molecule has 132 valence electrons. The van der Waals surface area contributed by atoms with Crippen LogP contribution in [0, 0.1) is 0 Å². The molecule has 0 saturated heterocycles. The van der Waals surface area contributed by atoms with Crippen LogP contribution in [0.15, 0.2) is 57.8 Å². The van der Waals surface area contributed by atoms with Gasteiger partial charge in [0, 0.05) is 10.4 Å². The van der Waals surface area contributed by atoms with E-state index in [0.29, 0.717) is 27.5 Å². The van der Waals surface area contributed by atoms with E-state index in [1.807, 2.05) is 0 Å². The van der Waals surface area contributed by atoms with E-state index in [1.54, 1.807) is 49.6 Å². The van der Waals surface area contributed by atoms with Gasteiger partial charge in [-0.2, -0.15) is 0 Å². The zero-order valence-corrected chi connectivity index (χ0v) is 14.9. The zero-order chi connectivity index (χ0) is 18.7. The van der Waals surface area contributed by atoms with Gasteiger partial charge in [-0.15, -0.1) is 0 Å².